The Kier molecular flexibility index (Phi) is 5.26. The third-order valence-corrected chi connectivity index (χ3v) is 4.15. The molecule has 0 aliphatic carbocycles. The molecule has 4 nitrogen and oxygen atoms in total. The Bertz CT molecular complexity index is 432. The van der Waals surface area contributed by atoms with Crippen molar-refractivity contribution in [2.75, 3.05) is 6.61 Å². The lowest BCUT2D eigenvalue weighted by Crippen LogP contribution is -2.41. The van der Waals surface area contributed by atoms with E-state index in [4.69, 9.17) is 4.74 Å². The number of rotatable bonds is 3. The summed E-state index contributed by atoms with van der Waals surface area (Å²) in [5.74, 6) is -0.450. The Balaban J connectivity index is 3.19. The number of allylic oxidation sites excluding steroid dienone is 4. The molecular weight excluding hydrogens is 262 g/mol. The maximum absolute atomic E-state index is 12.6. The van der Waals surface area contributed by atoms with Crippen molar-refractivity contribution >= 4 is 17.3 Å². The highest BCUT2D eigenvalue weighted by Gasteiger charge is 2.37. The molecule has 106 valence electrons. The van der Waals surface area contributed by atoms with E-state index in [9.17, 15) is 9.35 Å². The van der Waals surface area contributed by atoms with Gasteiger partial charge in [0.25, 0.3) is 0 Å². The van der Waals surface area contributed by atoms with Gasteiger partial charge in [0.15, 0.2) is 5.70 Å². The number of hydrogen-bond acceptors (Lipinski definition) is 4. The van der Waals surface area contributed by atoms with Gasteiger partial charge in [0.1, 0.15) is 4.75 Å². The van der Waals surface area contributed by atoms with Crippen molar-refractivity contribution in [3.63, 3.8) is 0 Å². The van der Waals surface area contributed by atoms with Gasteiger partial charge in [-0.05, 0) is 46.3 Å². The van der Waals surface area contributed by atoms with Gasteiger partial charge in [-0.2, -0.15) is 4.31 Å². The third kappa shape index (κ3) is 3.88. The van der Waals surface area contributed by atoms with Crippen LogP contribution in [-0.4, -0.2) is 26.2 Å². The van der Waals surface area contributed by atoms with Crippen molar-refractivity contribution in [1.29, 1.82) is 0 Å². The Morgan fingerprint density at radius 2 is 2.05 bits per heavy atom. The number of esters is 1. The molecule has 0 amide bonds. The van der Waals surface area contributed by atoms with Crippen LogP contribution >= 0.6 is 0 Å². The zero-order valence-electron chi connectivity index (χ0n) is 12.1. The number of carbonyl (C=O) groups is 1. The van der Waals surface area contributed by atoms with Crippen LogP contribution in [0.1, 0.15) is 34.6 Å². The molecule has 0 radical (unpaired) electrons. The minimum atomic E-state index is -1.36. The number of hydrogen-bond donors (Lipinski definition) is 0. The topological polar surface area (TPSA) is 52.6 Å². The van der Waals surface area contributed by atoms with Gasteiger partial charge in [0.05, 0.1) is 24.2 Å². The van der Waals surface area contributed by atoms with Gasteiger partial charge in [-0.1, -0.05) is 12.2 Å². The largest absolute Gasteiger partial charge is 0.592 e. The van der Waals surface area contributed by atoms with Crippen molar-refractivity contribution in [3.8, 4) is 0 Å². The van der Waals surface area contributed by atoms with E-state index in [2.05, 4.69) is 0 Å². The first-order chi connectivity index (χ1) is 8.79. The SMILES string of the molecule is CCOC(=O)C1=C(C)C=CC=CN1[S+]([O-])C(C)(C)C. The maximum Gasteiger partial charge on any atom is 0.359 e. The molecular formula is C14H21NO3S. The quantitative estimate of drug-likeness (QED) is 0.590. The summed E-state index contributed by atoms with van der Waals surface area (Å²) in [6.45, 7) is 9.46. The van der Waals surface area contributed by atoms with Crippen LogP contribution in [0.5, 0.6) is 0 Å². The molecule has 0 aromatic rings. The summed E-state index contributed by atoms with van der Waals surface area (Å²) in [4.78, 5) is 12.1. The highest BCUT2D eigenvalue weighted by atomic mass is 32.2. The number of nitrogens with zero attached hydrogens (tertiary/aromatic N) is 1. The second-order valence-corrected chi connectivity index (χ2v) is 7.26. The van der Waals surface area contributed by atoms with E-state index in [0.717, 1.165) is 5.57 Å². The average Bonchev–Trinajstić information content (AvgIpc) is 2.49. The zero-order chi connectivity index (χ0) is 14.6. The third-order valence-electron chi connectivity index (χ3n) is 2.44. The number of ether oxygens (including phenoxy) is 1. The summed E-state index contributed by atoms with van der Waals surface area (Å²) in [6.07, 6.45) is 7.04. The van der Waals surface area contributed by atoms with Crippen LogP contribution in [0.3, 0.4) is 0 Å². The number of carbonyl (C=O) groups excluding carboxylic acids is 1. The molecule has 19 heavy (non-hydrogen) atoms. The Hall–Kier alpha value is -1.20. The lowest BCUT2D eigenvalue weighted by molar-refractivity contribution is -0.139. The Labute approximate surface area is 118 Å². The molecule has 1 aliphatic rings. The van der Waals surface area contributed by atoms with E-state index < -0.39 is 22.1 Å². The van der Waals surface area contributed by atoms with Crippen LogP contribution < -0.4 is 0 Å². The summed E-state index contributed by atoms with van der Waals surface area (Å²) in [5.41, 5.74) is 1.07. The first-order valence-electron chi connectivity index (χ1n) is 6.23. The molecule has 0 aromatic carbocycles. The predicted octanol–water partition coefficient (Wildman–Crippen LogP) is 2.67. The molecule has 1 aliphatic heterocycles. The zero-order valence-corrected chi connectivity index (χ0v) is 12.9. The van der Waals surface area contributed by atoms with Crippen LogP contribution in [-0.2, 0) is 20.9 Å². The van der Waals surface area contributed by atoms with Crippen LogP contribution in [0.2, 0.25) is 0 Å². The average molecular weight is 283 g/mol. The van der Waals surface area contributed by atoms with Crippen LogP contribution in [0, 0.1) is 0 Å². The van der Waals surface area contributed by atoms with E-state index in [1.807, 2.05) is 39.8 Å². The molecule has 0 spiro atoms. The second-order valence-electron chi connectivity index (χ2n) is 5.14. The molecule has 1 heterocycles. The fraction of sp³-hybridized carbons (Fsp3) is 0.500. The lowest BCUT2D eigenvalue weighted by Gasteiger charge is -2.32. The van der Waals surface area contributed by atoms with Crippen molar-refractivity contribution in [2.45, 2.75) is 39.4 Å². The van der Waals surface area contributed by atoms with Gasteiger partial charge in [0.2, 0.25) is 0 Å². The first kappa shape index (κ1) is 15.9. The molecule has 5 heteroatoms. The van der Waals surface area contributed by atoms with E-state index in [1.54, 1.807) is 19.2 Å². The summed E-state index contributed by atoms with van der Waals surface area (Å²) >= 11 is -1.36. The van der Waals surface area contributed by atoms with Gasteiger partial charge in [-0.3, -0.25) is 0 Å². The lowest BCUT2D eigenvalue weighted by atomic mass is 10.2. The monoisotopic (exact) mass is 283 g/mol. The van der Waals surface area contributed by atoms with E-state index in [0.29, 0.717) is 12.3 Å². The van der Waals surface area contributed by atoms with Crippen LogP contribution in [0.25, 0.3) is 0 Å². The minimum Gasteiger partial charge on any atom is -0.592 e. The Morgan fingerprint density at radius 3 is 2.58 bits per heavy atom. The minimum absolute atomic E-state index is 0.291. The van der Waals surface area contributed by atoms with Gasteiger partial charge < -0.3 is 9.29 Å². The van der Waals surface area contributed by atoms with Gasteiger partial charge >= 0.3 is 5.97 Å². The highest BCUT2D eigenvalue weighted by molar-refractivity contribution is 7.90. The normalized spacial score (nSPS) is 17.5. The Morgan fingerprint density at radius 1 is 1.42 bits per heavy atom. The second kappa shape index (κ2) is 6.30. The fourth-order valence-electron chi connectivity index (χ4n) is 1.54. The molecule has 0 aromatic heterocycles. The summed E-state index contributed by atoms with van der Waals surface area (Å²) in [5, 5.41) is 0. The molecule has 1 unspecified atom stereocenters. The van der Waals surface area contributed by atoms with Crippen molar-refractivity contribution in [2.24, 2.45) is 0 Å². The van der Waals surface area contributed by atoms with Crippen molar-refractivity contribution < 1.29 is 14.1 Å². The maximum atomic E-state index is 12.6. The highest BCUT2D eigenvalue weighted by Crippen LogP contribution is 2.28. The van der Waals surface area contributed by atoms with Crippen molar-refractivity contribution in [3.05, 3.63) is 35.7 Å². The molecule has 0 saturated carbocycles. The molecule has 1 rings (SSSR count). The van der Waals surface area contributed by atoms with E-state index >= 15 is 0 Å². The summed E-state index contributed by atoms with van der Waals surface area (Å²) < 4.78 is 18.6. The molecule has 0 saturated heterocycles. The molecule has 0 fully saturated rings. The van der Waals surface area contributed by atoms with E-state index in [-0.39, 0.29) is 0 Å². The standard InChI is InChI=1S/C14H21NO3S/c1-6-18-13(16)12-11(2)9-7-8-10-15(12)19(17)14(3,4)5/h7-10H,6H2,1-5H3. The van der Waals surface area contributed by atoms with Gasteiger partial charge in [-0.15, -0.1) is 0 Å². The molecule has 0 N–H and O–H groups in total. The predicted molar refractivity (Wildman–Crippen MR) is 77.3 cm³/mol. The first-order valence-corrected chi connectivity index (χ1v) is 7.33. The molecule has 0 bridgehead atoms. The molecule has 1 atom stereocenters. The van der Waals surface area contributed by atoms with E-state index in [1.165, 1.54) is 4.31 Å². The van der Waals surface area contributed by atoms with Crippen LogP contribution in [0.4, 0.5) is 0 Å². The summed E-state index contributed by atoms with van der Waals surface area (Å²) in [7, 11) is 0. The van der Waals surface area contributed by atoms with Gasteiger partial charge in [-0.25, -0.2) is 4.79 Å². The smallest absolute Gasteiger partial charge is 0.359 e. The van der Waals surface area contributed by atoms with Crippen molar-refractivity contribution in [1.82, 2.24) is 4.31 Å². The van der Waals surface area contributed by atoms with Crippen LogP contribution in [0.15, 0.2) is 35.7 Å². The van der Waals surface area contributed by atoms with Gasteiger partial charge in [0, 0.05) is 0 Å². The fourth-order valence-corrected chi connectivity index (χ4v) is 2.69. The summed E-state index contributed by atoms with van der Waals surface area (Å²) in [6, 6.07) is 0.